The minimum Gasteiger partial charge on any atom is -0.345 e. The van der Waals surface area contributed by atoms with E-state index in [-0.39, 0.29) is 0 Å². The van der Waals surface area contributed by atoms with E-state index in [1.807, 2.05) is 11.3 Å². The molecule has 1 aromatic carbocycles. The van der Waals surface area contributed by atoms with Gasteiger partial charge in [-0.2, -0.15) is 0 Å². The molecule has 2 aliphatic heterocycles. The van der Waals surface area contributed by atoms with E-state index in [1.165, 1.54) is 35.1 Å². The summed E-state index contributed by atoms with van der Waals surface area (Å²) in [5.41, 5.74) is 3.38. The summed E-state index contributed by atoms with van der Waals surface area (Å²) in [4.78, 5) is 8.87. The van der Waals surface area contributed by atoms with Gasteiger partial charge in [0.25, 0.3) is 0 Å². The van der Waals surface area contributed by atoms with Crippen LogP contribution < -0.4 is 5.32 Å². The first-order valence-corrected chi connectivity index (χ1v) is 9.54. The highest BCUT2D eigenvalue weighted by Gasteiger charge is 2.31. The van der Waals surface area contributed by atoms with Crippen LogP contribution in [0.2, 0.25) is 0 Å². The van der Waals surface area contributed by atoms with Crippen molar-refractivity contribution in [2.45, 2.75) is 13.8 Å². The lowest BCUT2D eigenvalue weighted by atomic mass is 10.2. The second-order valence-electron chi connectivity index (χ2n) is 7.05. The molecule has 126 valence electrons. The number of nitrogens with zero attached hydrogens (tertiary/aromatic N) is 3. The number of hydrogen-bond acceptors (Lipinski definition) is 4. The smallest absolute Gasteiger partial charge is 0.140 e. The van der Waals surface area contributed by atoms with Gasteiger partial charge in [-0.05, 0) is 32.0 Å². The Balaban J connectivity index is 1.74. The van der Waals surface area contributed by atoms with Crippen LogP contribution in [-0.2, 0) is 0 Å². The van der Waals surface area contributed by atoms with E-state index in [4.69, 9.17) is 4.99 Å². The number of nitrogens with one attached hydrogen (secondary N) is 1. The van der Waals surface area contributed by atoms with Crippen molar-refractivity contribution >= 4 is 33.5 Å². The molecular formula is C19H25N4S+. The summed E-state index contributed by atoms with van der Waals surface area (Å²) < 4.78 is 1.16. The number of aryl methyl sites for hydroxylation is 1. The molecule has 2 aromatic rings. The second-order valence-corrected chi connectivity index (χ2v) is 8.30. The van der Waals surface area contributed by atoms with E-state index in [0.717, 1.165) is 34.8 Å². The molecule has 4 rings (SSSR count). The van der Waals surface area contributed by atoms with Gasteiger partial charge in [-0.3, -0.25) is 0 Å². The number of hydrogen-bond donors (Lipinski definition) is 1. The van der Waals surface area contributed by atoms with E-state index in [0.29, 0.717) is 0 Å². The number of benzene rings is 1. The summed E-state index contributed by atoms with van der Waals surface area (Å²) in [6.45, 7) is 10.2. The molecule has 1 saturated heterocycles. The lowest BCUT2D eigenvalue weighted by Crippen LogP contribution is -2.58. The van der Waals surface area contributed by atoms with Crippen LogP contribution in [0.3, 0.4) is 0 Å². The van der Waals surface area contributed by atoms with Gasteiger partial charge in [-0.1, -0.05) is 12.1 Å². The van der Waals surface area contributed by atoms with Crippen LogP contribution in [0.5, 0.6) is 0 Å². The van der Waals surface area contributed by atoms with Gasteiger partial charge in [-0.15, -0.1) is 11.3 Å². The lowest BCUT2D eigenvalue weighted by Gasteiger charge is -2.42. The molecule has 1 aromatic heterocycles. The van der Waals surface area contributed by atoms with Gasteiger partial charge < -0.3 is 14.7 Å². The fourth-order valence-electron chi connectivity index (χ4n) is 3.46. The predicted octanol–water partition coefficient (Wildman–Crippen LogP) is 3.97. The van der Waals surface area contributed by atoms with Crippen molar-refractivity contribution in [2.75, 3.05) is 45.1 Å². The first-order chi connectivity index (χ1) is 11.6. The predicted molar refractivity (Wildman–Crippen MR) is 103 cm³/mol. The first kappa shape index (κ1) is 15.7. The number of piperazine rings is 1. The zero-order valence-electron chi connectivity index (χ0n) is 14.7. The van der Waals surface area contributed by atoms with Gasteiger partial charge in [0.15, 0.2) is 0 Å². The van der Waals surface area contributed by atoms with Crippen molar-refractivity contribution in [1.82, 2.24) is 4.90 Å². The first-order valence-electron chi connectivity index (χ1n) is 8.72. The maximum atomic E-state index is 5.07. The molecule has 4 nitrogen and oxygen atoms in total. The Bertz CT molecular complexity index is 784. The van der Waals surface area contributed by atoms with Gasteiger partial charge >= 0.3 is 0 Å². The standard InChI is InChI=1S/C19H25N4S/c1-4-23(3)11-9-22(10-12-23)18-15-13-14(2)24-19(15)21-17-8-6-5-7-16(17)20-18/h5-8,13,21H,4,9-12H2,1-3H3/q+1. The van der Waals surface area contributed by atoms with E-state index < -0.39 is 0 Å². The maximum Gasteiger partial charge on any atom is 0.140 e. The van der Waals surface area contributed by atoms with E-state index in [2.05, 4.69) is 61.4 Å². The SMILES string of the molecule is CC[N+]1(C)CCN(C2=Nc3ccccc3Nc3sc(C)cc32)CC1. The summed E-state index contributed by atoms with van der Waals surface area (Å²) in [5.74, 6) is 1.13. The number of rotatable bonds is 1. The maximum absolute atomic E-state index is 5.07. The van der Waals surface area contributed by atoms with Gasteiger partial charge in [0, 0.05) is 4.88 Å². The molecule has 2 aliphatic rings. The lowest BCUT2D eigenvalue weighted by molar-refractivity contribution is -0.911. The number of likely N-dealkylation sites (N-methyl/N-ethyl adjacent to an activating group) is 1. The molecule has 1 fully saturated rings. The molecular weight excluding hydrogens is 316 g/mol. The Morgan fingerprint density at radius 2 is 2.00 bits per heavy atom. The molecule has 0 saturated carbocycles. The zero-order valence-corrected chi connectivity index (χ0v) is 15.5. The zero-order chi connectivity index (χ0) is 16.7. The highest BCUT2D eigenvalue weighted by atomic mass is 32.1. The molecule has 0 amide bonds. The van der Waals surface area contributed by atoms with Crippen molar-refractivity contribution in [3.05, 3.63) is 40.8 Å². The number of amidine groups is 1. The van der Waals surface area contributed by atoms with Crippen molar-refractivity contribution in [2.24, 2.45) is 4.99 Å². The van der Waals surface area contributed by atoms with Crippen LogP contribution in [0, 0.1) is 6.92 Å². The van der Waals surface area contributed by atoms with Crippen LogP contribution in [0.4, 0.5) is 16.4 Å². The quantitative estimate of drug-likeness (QED) is 0.795. The highest BCUT2D eigenvalue weighted by Crippen LogP contribution is 2.39. The van der Waals surface area contributed by atoms with Crippen molar-refractivity contribution in [1.29, 1.82) is 0 Å². The Kier molecular flexibility index (Phi) is 3.85. The van der Waals surface area contributed by atoms with E-state index in [1.54, 1.807) is 0 Å². The van der Waals surface area contributed by atoms with Gasteiger partial charge in [-0.25, -0.2) is 4.99 Å². The number of quaternary nitrogens is 1. The van der Waals surface area contributed by atoms with Gasteiger partial charge in [0.2, 0.25) is 0 Å². The largest absolute Gasteiger partial charge is 0.345 e. The average molecular weight is 342 g/mol. The van der Waals surface area contributed by atoms with Crippen LogP contribution in [0.1, 0.15) is 17.4 Å². The Labute approximate surface area is 148 Å². The molecule has 0 bridgehead atoms. The van der Waals surface area contributed by atoms with Crippen LogP contribution >= 0.6 is 11.3 Å². The molecule has 3 heterocycles. The topological polar surface area (TPSA) is 27.6 Å². The van der Waals surface area contributed by atoms with E-state index >= 15 is 0 Å². The third-order valence-electron chi connectivity index (χ3n) is 5.36. The Morgan fingerprint density at radius 1 is 1.25 bits per heavy atom. The third-order valence-corrected chi connectivity index (χ3v) is 6.32. The van der Waals surface area contributed by atoms with Crippen molar-refractivity contribution in [3.63, 3.8) is 0 Å². The van der Waals surface area contributed by atoms with Crippen molar-refractivity contribution in [3.8, 4) is 0 Å². The number of aliphatic imine (C=N–C) groups is 1. The molecule has 24 heavy (non-hydrogen) atoms. The summed E-state index contributed by atoms with van der Waals surface area (Å²) in [5, 5.41) is 4.81. The molecule has 5 heteroatoms. The van der Waals surface area contributed by atoms with E-state index in [9.17, 15) is 0 Å². The second kappa shape index (κ2) is 5.90. The van der Waals surface area contributed by atoms with Crippen LogP contribution in [-0.4, -0.2) is 55.0 Å². The fourth-order valence-corrected chi connectivity index (χ4v) is 4.38. The van der Waals surface area contributed by atoms with Gasteiger partial charge in [0.1, 0.15) is 10.8 Å². The van der Waals surface area contributed by atoms with Crippen LogP contribution in [0.25, 0.3) is 0 Å². The third kappa shape index (κ3) is 2.72. The number of fused-ring (bicyclic) bond motifs is 2. The molecule has 0 atom stereocenters. The molecule has 0 unspecified atom stereocenters. The fraction of sp³-hybridized carbons (Fsp3) is 0.421. The summed E-state index contributed by atoms with van der Waals surface area (Å²) in [6.07, 6.45) is 0. The van der Waals surface area contributed by atoms with Crippen LogP contribution in [0.15, 0.2) is 35.3 Å². The number of para-hydroxylation sites is 2. The Hall–Kier alpha value is -1.85. The normalized spacial score (nSPS) is 19.0. The number of anilines is 2. The minimum absolute atomic E-state index is 1.03. The number of thiophene rings is 1. The molecule has 0 spiro atoms. The highest BCUT2D eigenvalue weighted by molar-refractivity contribution is 7.16. The molecule has 1 N–H and O–H groups in total. The molecule has 0 radical (unpaired) electrons. The van der Waals surface area contributed by atoms with Gasteiger partial charge in [0.05, 0.1) is 56.7 Å². The summed E-state index contributed by atoms with van der Waals surface area (Å²) >= 11 is 1.82. The van der Waals surface area contributed by atoms with Crippen molar-refractivity contribution < 1.29 is 4.48 Å². The monoisotopic (exact) mass is 341 g/mol. The average Bonchev–Trinajstić information content (AvgIpc) is 2.88. The summed E-state index contributed by atoms with van der Waals surface area (Å²) in [7, 11) is 2.36. The minimum atomic E-state index is 1.03. The molecule has 0 aliphatic carbocycles. The summed E-state index contributed by atoms with van der Waals surface area (Å²) in [6, 6.07) is 10.6. The Morgan fingerprint density at radius 3 is 2.75 bits per heavy atom.